The van der Waals surface area contributed by atoms with Gasteiger partial charge < -0.3 is 10.5 Å². The number of sulfonamides is 1. The zero-order valence-corrected chi connectivity index (χ0v) is 25.6. The van der Waals surface area contributed by atoms with Gasteiger partial charge in [-0.05, 0) is 48.6 Å². The van der Waals surface area contributed by atoms with Gasteiger partial charge in [-0.1, -0.05) is 42.5 Å². The lowest BCUT2D eigenvalue weighted by Gasteiger charge is -2.37. The Morgan fingerprint density at radius 3 is 2.31 bits per heavy atom. The minimum absolute atomic E-state index is 0.0925. The van der Waals surface area contributed by atoms with Crippen LogP contribution in [0.3, 0.4) is 0 Å². The molecule has 1 fully saturated rings. The fourth-order valence-corrected chi connectivity index (χ4v) is 8.46. The molecule has 0 unspecified atom stereocenters. The van der Waals surface area contributed by atoms with Gasteiger partial charge in [0.05, 0.1) is 18.6 Å². The van der Waals surface area contributed by atoms with Gasteiger partial charge in [0, 0.05) is 35.1 Å². The number of amides is 2. The summed E-state index contributed by atoms with van der Waals surface area (Å²) in [7, 11) is -6.65. The monoisotopic (exact) mass is 635 g/mol. The van der Waals surface area contributed by atoms with Crippen LogP contribution in [0.2, 0.25) is 0 Å². The maximum absolute atomic E-state index is 13.0. The number of urea groups is 1. The number of hydrogen-bond donors (Lipinski definition) is 2. The van der Waals surface area contributed by atoms with Crippen molar-refractivity contribution in [2.24, 2.45) is 10.9 Å². The normalized spacial score (nSPS) is 14.8. The van der Waals surface area contributed by atoms with Crippen LogP contribution in [0.1, 0.15) is 24.0 Å². The van der Waals surface area contributed by atoms with E-state index in [1.54, 1.807) is 54.8 Å². The number of nitrogens with two attached hydrogens (primary N) is 2. The van der Waals surface area contributed by atoms with Gasteiger partial charge in [0.2, 0.25) is 10.0 Å². The Balaban J connectivity index is 1.55. The Bertz CT molecular complexity index is 1650. The zero-order chi connectivity index (χ0) is 30.7. The standard InChI is InChI=1S/C27H33N5O7S3/c1-19-24(31(42(29,37)38)16-25(33)39-2)17-40-26(19)21-9-6-10-23(15-21)32(27(28)34)22-11-13-30(14-12-22)41(35,36)18-20-7-4-3-5-8-20/h3-10,15,17,22H,11-14,16,18H2,1-2H3,(H2,28,34)(H2,29,37,38). The van der Waals surface area contributed by atoms with Crippen molar-refractivity contribution in [1.82, 2.24) is 4.31 Å². The molecule has 2 heterocycles. The second-order valence-corrected chi connectivity index (χ2v) is 14.2. The largest absolute Gasteiger partial charge is 0.468 e. The number of carbonyl (C=O) groups excluding carboxylic acids is 2. The summed E-state index contributed by atoms with van der Waals surface area (Å²) in [6.45, 7) is 1.63. The average Bonchev–Trinajstić information content (AvgIpc) is 3.32. The second kappa shape index (κ2) is 12.8. The highest BCUT2D eigenvalue weighted by Gasteiger charge is 2.33. The quantitative estimate of drug-likeness (QED) is 0.322. The molecule has 0 spiro atoms. The van der Waals surface area contributed by atoms with Crippen LogP contribution in [-0.4, -0.2) is 65.9 Å². The van der Waals surface area contributed by atoms with Gasteiger partial charge in [0.15, 0.2) is 0 Å². The molecule has 1 aliphatic heterocycles. The lowest BCUT2D eigenvalue weighted by atomic mass is 10.0. The molecule has 4 rings (SSSR count). The lowest BCUT2D eigenvalue weighted by Crippen LogP contribution is -2.50. The van der Waals surface area contributed by atoms with Gasteiger partial charge in [-0.15, -0.1) is 11.3 Å². The van der Waals surface area contributed by atoms with E-state index in [1.165, 1.54) is 20.5 Å². The van der Waals surface area contributed by atoms with Crippen molar-refractivity contribution in [2.75, 3.05) is 35.9 Å². The van der Waals surface area contributed by atoms with Crippen molar-refractivity contribution < 1.29 is 31.2 Å². The highest BCUT2D eigenvalue weighted by molar-refractivity contribution is 7.90. The van der Waals surface area contributed by atoms with Gasteiger partial charge in [-0.3, -0.25) is 9.69 Å². The Kier molecular flexibility index (Phi) is 9.57. The second-order valence-electron chi connectivity index (χ2n) is 9.83. The Morgan fingerprint density at radius 1 is 1.05 bits per heavy atom. The molecule has 42 heavy (non-hydrogen) atoms. The van der Waals surface area contributed by atoms with Gasteiger partial charge in [0.25, 0.3) is 10.2 Å². The van der Waals surface area contributed by atoms with Gasteiger partial charge in [-0.2, -0.15) is 8.42 Å². The molecule has 1 aromatic heterocycles. The first-order valence-electron chi connectivity index (χ1n) is 13.0. The molecule has 2 aromatic carbocycles. The maximum Gasteiger partial charge on any atom is 0.326 e. The van der Waals surface area contributed by atoms with Crippen molar-refractivity contribution in [1.29, 1.82) is 0 Å². The zero-order valence-electron chi connectivity index (χ0n) is 23.2. The number of piperidine rings is 1. The first-order valence-corrected chi connectivity index (χ1v) is 17.0. The fourth-order valence-electron chi connectivity index (χ4n) is 5.00. The number of ether oxygens (including phenoxy) is 1. The topological polar surface area (TPSA) is 173 Å². The van der Waals surface area contributed by atoms with E-state index in [4.69, 9.17) is 10.9 Å². The predicted molar refractivity (Wildman–Crippen MR) is 163 cm³/mol. The third-order valence-corrected chi connectivity index (χ3v) is 11.0. The van der Waals surface area contributed by atoms with Crippen LogP contribution in [0.25, 0.3) is 10.4 Å². The molecule has 0 atom stereocenters. The number of rotatable bonds is 10. The third-order valence-electron chi connectivity index (χ3n) is 7.09. The summed E-state index contributed by atoms with van der Waals surface area (Å²) < 4.78 is 57.4. The summed E-state index contributed by atoms with van der Waals surface area (Å²) in [5, 5.41) is 6.97. The van der Waals surface area contributed by atoms with E-state index < -0.39 is 38.8 Å². The van der Waals surface area contributed by atoms with E-state index in [1.807, 2.05) is 12.1 Å². The summed E-state index contributed by atoms with van der Waals surface area (Å²) in [5.74, 6) is -0.862. The minimum Gasteiger partial charge on any atom is -0.468 e. The predicted octanol–water partition coefficient (Wildman–Crippen LogP) is 2.79. The summed E-state index contributed by atoms with van der Waals surface area (Å²) in [6.07, 6.45) is 0.806. The Morgan fingerprint density at radius 2 is 1.71 bits per heavy atom. The smallest absolute Gasteiger partial charge is 0.326 e. The van der Waals surface area contributed by atoms with Crippen LogP contribution in [-0.2, 0) is 35.5 Å². The van der Waals surface area contributed by atoms with Crippen LogP contribution in [0.15, 0.2) is 60.0 Å². The SMILES string of the molecule is COC(=O)CN(c1csc(-c2cccc(N(C(N)=O)C3CCN(S(=O)(=O)Cc4ccccc4)CC3)c2)c1C)S(N)(=O)=O. The Hall–Kier alpha value is -3.50. The molecule has 15 heteroatoms. The van der Waals surface area contributed by atoms with E-state index in [2.05, 4.69) is 4.74 Å². The van der Waals surface area contributed by atoms with Crippen molar-refractivity contribution in [3.63, 3.8) is 0 Å². The van der Waals surface area contributed by atoms with Crippen molar-refractivity contribution in [2.45, 2.75) is 31.6 Å². The van der Waals surface area contributed by atoms with Crippen LogP contribution in [0, 0.1) is 6.92 Å². The molecular formula is C27H33N5O7S3. The minimum atomic E-state index is -4.27. The average molecular weight is 636 g/mol. The van der Waals surface area contributed by atoms with Crippen LogP contribution >= 0.6 is 11.3 Å². The Labute approximate surface area is 249 Å². The van der Waals surface area contributed by atoms with Gasteiger partial charge >= 0.3 is 12.0 Å². The number of benzene rings is 2. The molecule has 2 amide bonds. The maximum atomic E-state index is 13.0. The molecule has 226 valence electrons. The number of hydrogen-bond acceptors (Lipinski definition) is 8. The van der Waals surface area contributed by atoms with Gasteiger partial charge in [0.1, 0.15) is 6.54 Å². The molecule has 3 aromatic rings. The molecule has 1 aliphatic rings. The lowest BCUT2D eigenvalue weighted by molar-refractivity contribution is -0.138. The summed E-state index contributed by atoms with van der Waals surface area (Å²) in [6, 6.07) is 15.1. The third kappa shape index (κ3) is 7.10. The van der Waals surface area contributed by atoms with E-state index in [9.17, 15) is 26.4 Å². The van der Waals surface area contributed by atoms with Crippen LogP contribution in [0.5, 0.6) is 0 Å². The molecular weight excluding hydrogens is 603 g/mol. The van der Waals surface area contributed by atoms with Crippen LogP contribution < -0.4 is 20.1 Å². The van der Waals surface area contributed by atoms with Crippen molar-refractivity contribution in [3.8, 4) is 10.4 Å². The number of thiophene rings is 1. The molecule has 12 nitrogen and oxygen atoms in total. The molecule has 0 saturated carbocycles. The first-order chi connectivity index (χ1) is 19.8. The van der Waals surface area contributed by atoms with Crippen molar-refractivity contribution >= 4 is 54.9 Å². The first kappa shape index (κ1) is 31.4. The highest BCUT2D eigenvalue weighted by Crippen LogP contribution is 2.39. The van der Waals surface area contributed by atoms with Crippen LogP contribution in [0.4, 0.5) is 16.2 Å². The summed E-state index contributed by atoms with van der Waals surface area (Å²) in [5.41, 5.74) is 8.56. The summed E-state index contributed by atoms with van der Waals surface area (Å²) in [4.78, 5) is 26.7. The van der Waals surface area contributed by atoms with E-state index in [0.29, 0.717) is 40.1 Å². The number of anilines is 2. The molecule has 0 radical (unpaired) electrons. The number of primary amides is 1. The number of esters is 1. The molecule has 0 aliphatic carbocycles. The van der Waals surface area contributed by atoms with Gasteiger partial charge in [-0.25, -0.2) is 27.0 Å². The van der Waals surface area contributed by atoms with E-state index in [-0.39, 0.29) is 30.6 Å². The highest BCUT2D eigenvalue weighted by atomic mass is 32.2. The molecule has 1 saturated heterocycles. The number of nitrogens with zero attached hydrogens (tertiary/aromatic N) is 3. The fraction of sp³-hybridized carbons (Fsp3) is 0.333. The summed E-state index contributed by atoms with van der Waals surface area (Å²) >= 11 is 1.25. The van der Waals surface area contributed by atoms with E-state index >= 15 is 0 Å². The molecule has 0 bridgehead atoms. The number of methoxy groups -OCH3 is 1. The molecule has 4 N–H and O–H groups in total. The van der Waals surface area contributed by atoms with Crippen molar-refractivity contribution in [3.05, 3.63) is 71.1 Å². The van der Waals surface area contributed by atoms with E-state index in [0.717, 1.165) is 11.4 Å². The number of carbonyl (C=O) groups is 2.